The van der Waals surface area contributed by atoms with E-state index in [-0.39, 0.29) is 5.91 Å². The number of carbonyl (C=O) groups excluding carboxylic acids is 1. The maximum atomic E-state index is 12.5. The number of rotatable bonds is 9. The van der Waals surface area contributed by atoms with E-state index in [1.807, 2.05) is 62.4 Å². The van der Waals surface area contributed by atoms with Crippen molar-refractivity contribution in [1.29, 1.82) is 0 Å². The summed E-state index contributed by atoms with van der Waals surface area (Å²) in [4.78, 5) is 12.5. The number of amides is 1. The summed E-state index contributed by atoms with van der Waals surface area (Å²) < 4.78 is 11.9. The molecule has 0 bridgehead atoms. The van der Waals surface area contributed by atoms with Crippen LogP contribution in [0.4, 0.5) is 11.4 Å². The number of nitrogens with one attached hydrogen (secondary N) is 1. The molecule has 3 N–H and O–H groups in total. The summed E-state index contributed by atoms with van der Waals surface area (Å²) in [5.41, 5.74) is 10.8. The van der Waals surface area contributed by atoms with Gasteiger partial charge in [-0.3, -0.25) is 4.79 Å². The van der Waals surface area contributed by atoms with E-state index < -0.39 is 0 Å². The minimum atomic E-state index is -0.289. The first-order valence-electron chi connectivity index (χ1n) is 10.9. The summed E-state index contributed by atoms with van der Waals surface area (Å²) in [6, 6.07) is 18.4. The van der Waals surface area contributed by atoms with Crippen molar-refractivity contribution in [3.05, 3.63) is 100 Å². The van der Waals surface area contributed by atoms with Gasteiger partial charge in [0.2, 0.25) is 5.91 Å². The van der Waals surface area contributed by atoms with Gasteiger partial charge >= 0.3 is 0 Å². The molecule has 0 atom stereocenters. The Morgan fingerprint density at radius 1 is 1.06 bits per heavy atom. The molecule has 34 heavy (non-hydrogen) atoms. The van der Waals surface area contributed by atoms with Gasteiger partial charge in [0.1, 0.15) is 18.1 Å². The Hall–Kier alpha value is -3.70. The normalized spacial score (nSPS) is 10.7. The monoisotopic (exact) mass is 476 g/mol. The molecule has 0 heterocycles. The van der Waals surface area contributed by atoms with Crippen LogP contribution < -0.4 is 20.5 Å². The van der Waals surface area contributed by atoms with Crippen molar-refractivity contribution >= 4 is 35.0 Å². The lowest BCUT2D eigenvalue weighted by Crippen LogP contribution is -2.09. The summed E-state index contributed by atoms with van der Waals surface area (Å²) in [6.07, 6.45) is 5.95. The zero-order chi connectivity index (χ0) is 24.5. The number of hydrogen-bond acceptors (Lipinski definition) is 4. The summed E-state index contributed by atoms with van der Waals surface area (Å²) in [5, 5.41) is 3.47. The van der Waals surface area contributed by atoms with Crippen LogP contribution in [0.25, 0.3) is 6.08 Å². The zero-order valence-corrected chi connectivity index (χ0v) is 20.4. The molecule has 0 unspecified atom stereocenters. The number of benzene rings is 3. The van der Waals surface area contributed by atoms with Crippen molar-refractivity contribution < 1.29 is 14.3 Å². The van der Waals surface area contributed by atoms with Crippen LogP contribution in [0.5, 0.6) is 11.5 Å². The van der Waals surface area contributed by atoms with Crippen molar-refractivity contribution in [2.75, 3.05) is 18.2 Å². The van der Waals surface area contributed by atoms with E-state index >= 15 is 0 Å². The van der Waals surface area contributed by atoms with Crippen molar-refractivity contribution in [2.24, 2.45) is 0 Å². The van der Waals surface area contributed by atoms with Gasteiger partial charge in [-0.25, -0.2) is 0 Å². The van der Waals surface area contributed by atoms with Crippen LogP contribution in [0.1, 0.15) is 30.5 Å². The third-order valence-corrected chi connectivity index (χ3v) is 5.36. The molecule has 0 fully saturated rings. The van der Waals surface area contributed by atoms with Crippen LogP contribution in [-0.4, -0.2) is 13.0 Å². The van der Waals surface area contributed by atoms with Gasteiger partial charge in [0.05, 0.1) is 18.5 Å². The molecule has 1 amide bonds. The highest BCUT2D eigenvalue weighted by molar-refractivity contribution is 6.30. The number of methoxy groups -OCH3 is 1. The molecule has 0 aliphatic heterocycles. The molecule has 0 aliphatic rings. The molecule has 0 saturated carbocycles. The summed E-state index contributed by atoms with van der Waals surface area (Å²) >= 11 is 6.01. The molecule has 0 saturated heterocycles. The highest BCUT2D eigenvalue weighted by atomic mass is 35.5. The number of carbonyl (C=O) groups is 1. The quantitative estimate of drug-likeness (QED) is 0.205. The van der Waals surface area contributed by atoms with E-state index in [1.54, 1.807) is 25.3 Å². The number of para-hydroxylation sites is 2. The van der Waals surface area contributed by atoms with E-state index in [1.165, 1.54) is 11.6 Å². The van der Waals surface area contributed by atoms with Crippen molar-refractivity contribution in [3.63, 3.8) is 0 Å². The Bertz CT molecular complexity index is 1200. The highest BCUT2D eigenvalue weighted by Crippen LogP contribution is 2.35. The fourth-order valence-corrected chi connectivity index (χ4v) is 3.43. The van der Waals surface area contributed by atoms with Crippen LogP contribution in [0.3, 0.4) is 0 Å². The Morgan fingerprint density at radius 2 is 1.79 bits per heavy atom. The molecule has 6 heteroatoms. The van der Waals surface area contributed by atoms with Gasteiger partial charge in [-0.05, 0) is 68.3 Å². The molecule has 3 rings (SSSR count). The van der Waals surface area contributed by atoms with E-state index in [0.29, 0.717) is 35.2 Å². The molecule has 176 valence electrons. The second-order valence-corrected chi connectivity index (χ2v) is 8.41. The molecule has 0 radical (unpaired) electrons. The standard InChI is InChI=1S/C28H29ClN2O3/c1-19(2)8-15-23-26(33-3)16-11-21(28(23)34-18-20-9-13-22(29)14-10-20)12-17-27(32)31-25-7-5-4-6-24(25)30/h4-14,16-17H,15,18,30H2,1-3H3,(H,31,32). The van der Waals surface area contributed by atoms with Crippen LogP contribution in [0, 0.1) is 0 Å². The average molecular weight is 477 g/mol. The van der Waals surface area contributed by atoms with Gasteiger partial charge in [-0.2, -0.15) is 0 Å². The lowest BCUT2D eigenvalue weighted by molar-refractivity contribution is -0.111. The maximum Gasteiger partial charge on any atom is 0.248 e. The first-order valence-corrected chi connectivity index (χ1v) is 11.3. The largest absolute Gasteiger partial charge is 0.496 e. The van der Waals surface area contributed by atoms with Crippen molar-refractivity contribution in [1.82, 2.24) is 0 Å². The molecule has 3 aromatic rings. The van der Waals surface area contributed by atoms with Crippen molar-refractivity contribution in [3.8, 4) is 11.5 Å². The first-order chi connectivity index (χ1) is 16.4. The lowest BCUT2D eigenvalue weighted by Gasteiger charge is -2.17. The third kappa shape index (κ3) is 6.90. The number of anilines is 2. The van der Waals surface area contributed by atoms with Gasteiger partial charge in [0.15, 0.2) is 0 Å². The topological polar surface area (TPSA) is 73.6 Å². The van der Waals surface area contributed by atoms with Gasteiger partial charge in [-0.15, -0.1) is 0 Å². The number of nitrogens with two attached hydrogens (primary N) is 1. The Kier molecular flexibility index (Phi) is 8.77. The minimum absolute atomic E-state index is 0.289. The molecule has 5 nitrogen and oxygen atoms in total. The van der Waals surface area contributed by atoms with Gasteiger partial charge in [0, 0.05) is 22.2 Å². The zero-order valence-electron chi connectivity index (χ0n) is 19.6. The Morgan fingerprint density at radius 3 is 2.47 bits per heavy atom. The summed E-state index contributed by atoms with van der Waals surface area (Å²) in [5.74, 6) is 1.10. The van der Waals surface area contributed by atoms with E-state index in [2.05, 4.69) is 11.4 Å². The van der Waals surface area contributed by atoms with Crippen LogP contribution in [0.2, 0.25) is 5.02 Å². The number of halogens is 1. The van der Waals surface area contributed by atoms with E-state index in [0.717, 1.165) is 22.4 Å². The van der Waals surface area contributed by atoms with Gasteiger partial charge < -0.3 is 20.5 Å². The Labute approximate surface area is 205 Å². The van der Waals surface area contributed by atoms with Gasteiger partial charge in [-0.1, -0.05) is 47.5 Å². The lowest BCUT2D eigenvalue weighted by atomic mass is 10.0. The summed E-state index contributed by atoms with van der Waals surface area (Å²) in [6.45, 7) is 4.44. The molecule has 0 spiro atoms. The summed E-state index contributed by atoms with van der Waals surface area (Å²) in [7, 11) is 1.64. The third-order valence-electron chi connectivity index (χ3n) is 5.11. The molecular weight excluding hydrogens is 448 g/mol. The maximum absolute atomic E-state index is 12.5. The van der Waals surface area contributed by atoms with Crippen LogP contribution in [-0.2, 0) is 17.8 Å². The molecule has 3 aromatic carbocycles. The Balaban J connectivity index is 1.92. The van der Waals surface area contributed by atoms with E-state index in [9.17, 15) is 4.79 Å². The number of nitrogen functional groups attached to an aromatic ring is 1. The molecule has 0 aromatic heterocycles. The first kappa shape index (κ1) is 24.9. The van der Waals surface area contributed by atoms with Crippen molar-refractivity contribution in [2.45, 2.75) is 26.9 Å². The second kappa shape index (κ2) is 12.0. The SMILES string of the molecule is COc1ccc(C=CC(=O)Nc2ccccc2N)c(OCc2ccc(Cl)cc2)c1CC=C(C)C. The number of hydrogen-bond donors (Lipinski definition) is 2. The van der Waals surface area contributed by atoms with Crippen LogP contribution >= 0.6 is 11.6 Å². The van der Waals surface area contributed by atoms with E-state index in [4.69, 9.17) is 26.8 Å². The minimum Gasteiger partial charge on any atom is -0.496 e. The number of allylic oxidation sites excluding steroid dienone is 2. The fourth-order valence-electron chi connectivity index (χ4n) is 3.31. The smallest absolute Gasteiger partial charge is 0.248 e. The fraction of sp³-hybridized carbons (Fsp3) is 0.179. The van der Waals surface area contributed by atoms with Crippen LogP contribution in [0.15, 0.2) is 78.4 Å². The second-order valence-electron chi connectivity index (χ2n) is 7.98. The molecule has 0 aliphatic carbocycles. The van der Waals surface area contributed by atoms with Gasteiger partial charge in [0.25, 0.3) is 0 Å². The predicted molar refractivity (Wildman–Crippen MR) is 140 cm³/mol. The predicted octanol–water partition coefficient (Wildman–Crippen LogP) is 6.67. The highest BCUT2D eigenvalue weighted by Gasteiger charge is 2.15. The average Bonchev–Trinajstić information content (AvgIpc) is 2.82. The molecular formula is C28H29ClN2O3. The number of ether oxygens (including phenoxy) is 2.